The Hall–Kier alpha value is -1.05. The molecule has 0 aromatic heterocycles. The van der Waals surface area contributed by atoms with Crippen molar-refractivity contribution in [1.29, 1.82) is 0 Å². The van der Waals surface area contributed by atoms with Crippen molar-refractivity contribution in [3.05, 3.63) is 23.4 Å². The monoisotopic (exact) mass is 137 g/mol. The number of hydrogen-bond donors (Lipinski definition) is 1. The normalized spacial score (nSPS) is 17.7. The number of ketones is 1. The SMILES string of the molecule is CC(=O)C1=C(N)C=CCC1. The molecule has 2 N–H and O–H groups in total. The van der Waals surface area contributed by atoms with Crippen LogP contribution in [-0.4, -0.2) is 5.78 Å². The first-order valence-electron chi connectivity index (χ1n) is 3.38. The Morgan fingerprint density at radius 1 is 1.70 bits per heavy atom. The zero-order valence-corrected chi connectivity index (χ0v) is 6.05. The highest BCUT2D eigenvalue weighted by Crippen LogP contribution is 2.15. The van der Waals surface area contributed by atoms with Gasteiger partial charge in [0.1, 0.15) is 0 Å². The number of Topliss-reactive ketones (excluding diaryl/α,β-unsaturated/α-hetero) is 1. The van der Waals surface area contributed by atoms with Crippen molar-refractivity contribution in [3.63, 3.8) is 0 Å². The van der Waals surface area contributed by atoms with Gasteiger partial charge in [-0.25, -0.2) is 0 Å². The van der Waals surface area contributed by atoms with Gasteiger partial charge in [-0.05, 0) is 25.8 Å². The van der Waals surface area contributed by atoms with Crippen molar-refractivity contribution in [2.45, 2.75) is 19.8 Å². The van der Waals surface area contributed by atoms with Gasteiger partial charge in [-0.3, -0.25) is 4.79 Å². The molecule has 2 nitrogen and oxygen atoms in total. The zero-order chi connectivity index (χ0) is 7.56. The van der Waals surface area contributed by atoms with Crippen molar-refractivity contribution in [2.75, 3.05) is 0 Å². The van der Waals surface area contributed by atoms with Crippen molar-refractivity contribution in [1.82, 2.24) is 0 Å². The molecule has 0 unspecified atom stereocenters. The van der Waals surface area contributed by atoms with E-state index in [9.17, 15) is 4.79 Å². The molecule has 0 bridgehead atoms. The Labute approximate surface area is 60.4 Å². The van der Waals surface area contributed by atoms with E-state index < -0.39 is 0 Å². The van der Waals surface area contributed by atoms with Gasteiger partial charge in [0.05, 0.1) is 0 Å². The van der Waals surface area contributed by atoms with Crippen LogP contribution in [0.1, 0.15) is 19.8 Å². The van der Waals surface area contributed by atoms with Crippen LogP contribution in [0.4, 0.5) is 0 Å². The lowest BCUT2D eigenvalue weighted by Gasteiger charge is -2.08. The Kier molecular flexibility index (Phi) is 1.90. The molecule has 0 saturated carbocycles. The lowest BCUT2D eigenvalue weighted by molar-refractivity contribution is -0.113. The quantitative estimate of drug-likeness (QED) is 0.589. The minimum Gasteiger partial charge on any atom is -0.398 e. The van der Waals surface area contributed by atoms with E-state index in [0.29, 0.717) is 5.70 Å². The molecule has 0 radical (unpaired) electrons. The largest absolute Gasteiger partial charge is 0.398 e. The summed E-state index contributed by atoms with van der Waals surface area (Å²) >= 11 is 0. The summed E-state index contributed by atoms with van der Waals surface area (Å²) in [7, 11) is 0. The molecule has 10 heavy (non-hydrogen) atoms. The predicted molar refractivity (Wildman–Crippen MR) is 40.3 cm³/mol. The van der Waals surface area contributed by atoms with Crippen LogP contribution in [0.15, 0.2) is 23.4 Å². The third-order valence-corrected chi connectivity index (χ3v) is 1.63. The van der Waals surface area contributed by atoms with Crippen molar-refractivity contribution < 1.29 is 4.79 Å². The van der Waals surface area contributed by atoms with Crippen LogP contribution in [-0.2, 0) is 4.79 Å². The predicted octanol–water partition coefficient (Wildman–Crippen LogP) is 1.14. The third-order valence-electron chi connectivity index (χ3n) is 1.63. The van der Waals surface area contributed by atoms with E-state index in [4.69, 9.17) is 5.73 Å². The smallest absolute Gasteiger partial charge is 0.157 e. The number of carbonyl (C=O) groups is 1. The van der Waals surface area contributed by atoms with Crippen LogP contribution >= 0.6 is 0 Å². The maximum Gasteiger partial charge on any atom is 0.157 e. The second kappa shape index (κ2) is 2.69. The number of nitrogens with two attached hydrogens (primary N) is 1. The Balaban J connectivity index is 2.89. The van der Waals surface area contributed by atoms with Crippen LogP contribution in [0.2, 0.25) is 0 Å². The highest BCUT2D eigenvalue weighted by Gasteiger charge is 2.08. The molecule has 0 fully saturated rings. The summed E-state index contributed by atoms with van der Waals surface area (Å²) in [6.07, 6.45) is 5.54. The first kappa shape index (κ1) is 7.06. The van der Waals surface area contributed by atoms with Gasteiger partial charge in [-0.1, -0.05) is 6.08 Å². The van der Waals surface area contributed by atoms with Gasteiger partial charge in [-0.2, -0.15) is 0 Å². The number of hydrogen-bond acceptors (Lipinski definition) is 2. The summed E-state index contributed by atoms with van der Waals surface area (Å²) in [6.45, 7) is 1.56. The van der Waals surface area contributed by atoms with Crippen LogP contribution < -0.4 is 5.73 Å². The summed E-state index contributed by atoms with van der Waals surface area (Å²) in [5.41, 5.74) is 6.97. The molecule has 0 heterocycles. The van der Waals surface area contributed by atoms with Gasteiger partial charge in [0.2, 0.25) is 0 Å². The fourth-order valence-electron chi connectivity index (χ4n) is 1.06. The Bertz CT molecular complexity index is 213. The van der Waals surface area contributed by atoms with Gasteiger partial charge in [0.25, 0.3) is 0 Å². The molecule has 0 amide bonds. The van der Waals surface area contributed by atoms with Gasteiger partial charge >= 0.3 is 0 Å². The molecule has 0 aromatic carbocycles. The van der Waals surface area contributed by atoms with Crippen molar-refractivity contribution in [2.24, 2.45) is 5.73 Å². The first-order chi connectivity index (χ1) is 4.72. The van der Waals surface area contributed by atoms with E-state index >= 15 is 0 Å². The van der Waals surface area contributed by atoms with E-state index in [1.807, 2.05) is 6.08 Å². The molecule has 0 saturated heterocycles. The van der Waals surface area contributed by atoms with Crippen LogP contribution in [0.3, 0.4) is 0 Å². The number of carbonyl (C=O) groups excluding carboxylic acids is 1. The summed E-state index contributed by atoms with van der Waals surface area (Å²) in [4.78, 5) is 10.8. The average Bonchev–Trinajstić information content (AvgIpc) is 1.88. The minimum atomic E-state index is 0.0989. The molecule has 1 aliphatic rings. The first-order valence-corrected chi connectivity index (χ1v) is 3.38. The molecule has 54 valence electrons. The van der Waals surface area contributed by atoms with E-state index in [0.717, 1.165) is 18.4 Å². The second-order valence-electron chi connectivity index (χ2n) is 2.43. The minimum absolute atomic E-state index is 0.0989. The van der Waals surface area contributed by atoms with Crippen LogP contribution in [0, 0.1) is 0 Å². The number of allylic oxidation sites excluding steroid dienone is 3. The average molecular weight is 137 g/mol. The number of rotatable bonds is 1. The Morgan fingerprint density at radius 3 is 2.80 bits per heavy atom. The molecular weight excluding hydrogens is 126 g/mol. The van der Waals surface area contributed by atoms with Gasteiger partial charge in [0.15, 0.2) is 5.78 Å². The highest BCUT2D eigenvalue weighted by molar-refractivity contribution is 5.94. The van der Waals surface area contributed by atoms with Gasteiger partial charge in [-0.15, -0.1) is 0 Å². The maximum atomic E-state index is 10.8. The highest BCUT2D eigenvalue weighted by atomic mass is 16.1. The van der Waals surface area contributed by atoms with Crippen molar-refractivity contribution >= 4 is 5.78 Å². The maximum absolute atomic E-state index is 10.8. The molecule has 2 heteroatoms. The molecule has 0 atom stereocenters. The van der Waals surface area contributed by atoms with Crippen LogP contribution in [0.5, 0.6) is 0 Å². The summed E-state index contributed by atoms with van der Waals surface area (Å²) in [5, 5.41) is 0. The van der Waals surface area contributed by atoms with E-state index in [1.54, 1.807) is 13.0 Å². The second-order valence-corrected chi connectivity index (χ2v) is 2.43. The molecular formula is C8H11NO. The van der Waals surface area contributed by atoms with Crippen LogP contribution in [0.25, 0.3) is 0 Å². The standard InChI is InChI=1S/C8H11NO/c1-6(10)7-4-2-3-5-8(7)9/h3,5H,2,4,9H2,1H3. The van der Waals surface area contributed by atoms with Gasteiger partial charge in [0, 0.05) is 11.3 Å². The molecule has 0 aromatic rings. The molecule has 1 aliphatic carbocycles. The third kappa shape index (κ3) is 1.26. The van der Waals surface area contributed by atoms with Gasteiger partial charge < -0.3 is 5.73 Å². The summed E-state index contributed by atoms with van der Waals surface area (Å²) in [5.74, 6) is 0.0989. The fourth-order valence-corrected chi connectivity index (χ4v) is 1.06. The molecule has 0 aliphatic heterocycles. The topological polar surface area (TPSA) is 43.1 Å². The van der Waals surface area contributed by atoms with E-state index in [2.05, 4.69) is 0 Å². The van der Waals surface area contributed by atoms with E-state index in [-0.39, 0.29) is 5.78 Å². The fraction of sp³-hybridized carbons (Fsp3) is 0.375. The zero-order valence-electron chi connectivity index (χ0n) is 6.05. The van der Waals surface area contributed by atoms with Crippen molar-refractivity contribution in [3.8, 4) is 0 Å². The summed E-state index contributed by atoms with van der Waals surface area (Å²) < 4.78 is 0. The Morgan fingerprint density at radius 2 is 2.40 bits per heavy atom. The molecule has 1 rings (SSSR count). The summed E-state index contributed by atoms with van der Waals surface area (Å²) in [6, 6.07) is 0. The molecule has 0 spiro atoms. The lowest BCUT2D eigenvalue weighted by Crippen LogP contribution is -2.09. The lowest BCUT2D eigenvalue weighted by atomic mass is 10.00. The van der Waals surface area contributed by atoms with E-state index in [1.165, 1.54) is 0 Å².